The maximum Gasteiger partial charge on any atom is 0.717 e. The van der Waals surface area contributed by atoms with Gasteiger partial charge in [0.15, 0.2) is 5.75 Å². The summed E-state index contributed by atoms with van der Waals surface area (Å²) in [7, 11) is 0. The Balaban J connectivity index is 1.56. The largest absolute Gasteiger partial charge is 0.717 e. The zero-order valence-corrected chi connectivity index (χ0v) is 19.2. The number of para-hydroxylation sites is 3. The first-order valence-electron chi connectivity index (χ1n) is 11.1. The van der Waals surface area contributed by atoms with E-state index in [1.54, 1.807) is 11.3 Å². The first kappa shape index (κ1) is 18.0. The lowest BCUT2D eigenvalue weighted by atomic mass is 10.0. The van der Waals surface area contributed by atoms with Crippen molar-refractivity contribution >= 4 is 48.7 Å². The van der Waals surface area contributed by atoms with Crippen LogP contribution in [0, 0.1) is 0 Å². The smallest absolute Gasteiger partial charge is 0.340 e. The quantitative estimate of drug-likeness (QED) is 0.263. The van der Waals surface area contributed by atoms with Crippen molar-refractivity contribution < 1.29 is 18.6 Å². The van der Waals surface area contributed by atoms with Gasteiger partial charge in [-0.1, -0.05) is 65.1 Å². The van der Waals surface area contributed by atoms with Crippen molar-refractivity contribution in [2.45, 2.75) is 18.9 Å². The first-order chi connectivity index (χ1) is 16.3. The molecule has 2 aliphatic heterocycles. The van der Waals surface area contributed by atoms with Gasteiger partial charge >= 0.3 is 6.03 Å². The number of benzene rings is 3. The molecule has 8 rings (SSSR count). The molecule has 0 fully saturated rings. The third kappa shape index (κ3) is 2.25. The van der Waals surface area contributed by atoms with Gasteiger partial charge in [-0.25, -0.2) is 0 Å². The molecule has 5 aromatic rings. The molecule has 0 saturated carbocycles. The number of aromatic nitrogens is 2. The molecule has 4 nitrogen and oxygen atoms in total. The van der Waals surface area contributed by atoms with Gasteiger partial charge in [0.1, 0.15) is 20.7 Å². The normalized spacial score (nSPS) is 20.2. The lowest BCUT2D eigenvalue weighted by Gasteiger charge is -2.30. The minimum Gasteiger partial charge on any atom is -0.340 e. The number of ether oxygens (including phenoxy) is 2. The lowest BCUT2D eigenvalue weighted by molar-refractivity contribution is -1.05. The monoisotopic (exact) mass is 466 g/mol. The van der Waals surface area contributed by atoms with Gasteiger partial charge in [-0.2, -0.15) is 0 Å². The van der Waals surface area contributed by atoms with Gasteiger partial charge in [-0.15, -0.1) is 0 Å². The van der Waals surface area contributed by atoms with E-state index < -0.39 is 6.03 Å². The molecule has 0 amide bonds. The van der Waals surface area contributed by atoms with Crippen LogP contribution in [0.3, 0.4) is 0 Å². The zero-order chi connectivity index (χ0) is 21.6. The molecular weight excluding hydrogens is 448 g/mol. The molecule has 1 aliphatic carbocycles. The van der Waals surface area contributed by atoms with Crippen LogP contribution in [0.1, 0.15) is 17.8 Å². The third-order valence-corrected chi connectivity index (χ3v) is 8.93. The average molecular weight is 467 g/mol. The summed E-state index contributed by atoms with van der Waals surface area (Å²) in [6.45, 7) is 0. The first-order valence-corrected chi connectivity index (χ1v) is 12.7. The summed E-state index contributed by atoms with van der Waals surface area (Å²) >= 11 is 3.60. The van der Waals surface area contributed by atoms with Crippen molar-refractivity contribution in [1.82, 2.24) is 0 Å². The molecule has 1 unspecified atom stereocenters. The van der Waals surface area contributed by atoms with Crippen molar-refractivity contribution in [3.63, 3.8) is 0 Å². The number of fused-ring (bicyclic) bond motifs is 11. The van der Waals surface area contributed by atoms with E-state index in [4.69, 9.17) is 9.47 Å². The second-order valence-electron chi connectivity index (χ2n) is 8.45. The standard InChI is InChI=1S/C27H18N2O2S2/c1-5-13-21-17(9-1)25-28(19-11-3-7-15-23(19)32-25)27(30-21)29-20-12-4-8-16-24(20)33-26(29)18-10-2-6-14-22(18)31-27/h1,3-9,11-16H,2,10H2/q+2. The van der Waals surface area contributed by atoms with Gasteiger partial charge in [0.25, 0.3) is 10.0 Å². The average Bonchev–Trinajstić information content (AvgIpc) is 3.45. The summed E-state index contributed by atoms with van der Waals surface area (Å²) in [6, 6.07) is 24.2. The summed E-state index contributed by atoms with van der Waals surface area (Å²) in [5, 5.41) is 2.34. The maximum absolute atomic E-state index is 6.97. The Morgan fingerprint density at radius 1 is 0.727 bits per heavy atom. The summed E-state index contributed by atoms with van der Waals surface area (Å²) in [4.78, 5) is 0. The summed E-state index contributed by atoms with van der Waals surface area (Å²) in [6.07, 6.45) is 6.30. The second kappa shape index (κ2) is 6.31. The molecule has 2 aromatic heterocycles. The van der Waals surface area contributed by atoms with Crippen LogP contribution in [0.4, 0.5) is 0 Å². The van der Waals surface area contributed by atoms with E-state index in [9.17, 15) is 0 Å². The van der Waals surface area contributed by atoms with Gasteiger partial charge in [-0.3, -0.25) is 0 Å². The van der Waals surface area contributed by atoms with E-state index in [2.05, 4.69) is 81.9 Å². The van der Waals surface area contributed by atoms with Gasteiger partial charge in [0, 0.05) is 12.1 Å². The van der Waals surface area contributed by atoms with Crippen molar-refractivity contribution in [2.75, 3.05) is 0 Å². The molecule has 0 radical (unpaired) electrons. The SMILES string of the molecule is C1=CC2=C(CC1)c1sc3ccccc3[n+]1C1(O2)Oc2ccccc2-c2sc3ccccc3[n+]21. The highest BCUT2D eigenvalue weighted by Gasteiger charge is 2.69. The number of allylic oxidation sites excluding steroid dienone is 3. The summed E-state index contributed by atoms with van der Waals surface area (Å²) in [5.41, 5.74) is 4.57. The van der Waals surface area contributed by atoms with Crippen molar-refractivity contribution in [1.29, 1.82) is 0 Å². The minimum absolute atomic E-state index is 0.835. The lowest BCUT2D eigenvalue weighted by Crippen LogP contribution is -2.80. The maximum atomic E-state index is 6.97. The Kier molecular flexibility index (Phi) is 3.44. The molecule has 0 saturated heterocycles. The number of hydrogen-bond donors (Lipinski definition) is 0. The Morgan fingerprint density at radius 2 is 1.39 bits per heavy atom. The molecule has 1 atom stereocenters. The summed E-state index contributed by atoms with van der Waals surface area (Å²) in [5.74, 6) is 1.74. The fourth-order valence-electron chi connectivity index (χ4n) is 5.18. The van der Waals surface area contributed by atoms with Crippen LogP contribution in [0.25, 0.3) is 36.6 Å². The zero-order valence-electron chi connectivity index (χ0n) is 17.5. The molecule has 6 heteroatoms. The molecule has 33 heavy (non-hydrogen) atoms. The van der Waals surface area contributed by atoms with E-state index in [-0.39, 0.29) is 0 Å². The second-order valence-corrected chi connectivity index (χ2v) is 10.5. The van der Waals surface area contributed by atoms with Crippen LogP contribution in [0.2, 0.25) is 0 Å². The minimum atomic E-state index is -1.18. The highest BCUT2D eigenvalue weighted by molar-refractivity contribution is 7.21. The fourth-order valence-corrected chi connectivity index (χ4v) is 7.63. The fraction of sp³-hybridized carbons (Fsp3) is 0.111. The molecule has 158 valence electrons. The highest BCUT2D eigenvalue weighted by Crippen LogP contribution is 2.46. The molecule has 0 N–H and O–H groups in total. The molecule has 3 aromatic carbocycles. The topological polar surface area (TPSA) is 26.2 Å². The van der Waals surface area contributed by atoms with Crippen LogP contribution in [-0.4, -0.2) is 0 Å². The Morgan fingerprint density at radius 3 is 2.21 bits per heavy atom. The van der Waals surface area contributed by atoms with Gasteiger partial charge in [-0.05, 0) is 52.3 Å². The van der Waals surface area contributed by atoms with Crippen molar-refractivity contribution in [3.05, 3.63) is 95.7 Å². The number of nitrogens with zero attached hydrogens (tertiary/aromatic N) is 2. The Hall–Kier alpha value is -3.48. The Labute approximate surface area is 197 Å². The molecule has 3 aliphatic rings. The number of thiazole rings is 2. The molecular formula is C27H18N2O2S2+2. The molecule has 0 bridgehead atoms. The van der Waals surface area contributed by atoms with E-state index in [0.717, 1.165) is 46.0 Å². The van der Waals surface area contributed by atoms with E-state index in [1.807, 2.05) is 23.5 Å². The predicted octanol–water partition coefficient (Wildman–Crippen LogP) is 5.96. The van der Waals surface area contributed by atoms with Crippen LogP contribution in [-0.2, 0) is 10.8 Å². The van der Waals surface area contributed by atoms with E-state index >= 15 is 0 Å². The number of rotatable bonds is 0. The number of hydrogen-bond acceptors (Lipinski definition) is 4. The van der Waals surface area contributed by atoms with E-state index in [0.29, 0.717) is 0 Å². The van der Waals surface area contributed by atoms with Crippen LogP contribution < -0.4 is 13.9 Å². The van der Waals surface area contributed by atoms with E-state index in [1.165, 1.54) is 20.0 Å². The Bertz CT molecular complexity index is 1690. The van der Waals surface area contributed by atoms with Gasteiger partial charge in [0.05, 0.1) is 5.57 Å². The molecule has 1 spiro atoms. The van der Waals surface area contributed by atoms with Crippen molar-refractivity contribution in [2.24, 2.45) is 0 Å². The van der Waals surface area contributed by atoms with Gasteiger partial charge < -0.3 is 9.47 Å². The van der Waals surface area contributed by atoms with Crippen LogP contribution in [0.15, 0.2) is 90.7 Å². The molecule has 4 heterocycles. The van der Waals surface area contributed by atoms with Gasteiger partial charge in [0.2, 0.25) is 11.0 Å². The highest BCUT2D eigenvalue weighted by atomic mass is 32.1. The van der Waals surface area contributed by atoms with Crippen LogP contribution in [0.5, 0.6) is 5.75 Å². The van der Waals surface area contributed by atoms with Crippen molar-refractivity contribution in [3.8, 4) is 16.3 Å². The third-order valence-electron chi connectivity index (χ3n) is 6.59. The van der Waals surface area contributed by atoms with Crippen LogP contribution >= 0.6 is 22.7 Å². The predicted molar refractivity (Wildman–Crippen MR) is 130 cm³/mol. The summed E-state index contributed by atoms with van der Waals surface area (Å²) < 4.78 is 20.9.